The van der Waals surface area contributed by atoms with E-state index in [0.717, 1.165) is 25.7 Å². The Hall–Kier alpha value is -0.0900. The van der Waals surface area contributed by atoms with Gasteiger partial charge in [-0.3, -0.25) is 0 Å². The van der Waals surface area contributed by atoms with Crippen LogP contribution in [-0.2, 0) is 9.84 Å². The van der Waals surface area contributed by atoms with Crippen LogP contribution >= 0.6 is 0 Å². The first kappa shape index (κ1) is 10.1. The number of hydrogen-bond donors (Lipinski definition) is 1. The zero-order valence-electron chi connectivity index (χ0n) is 8.85. The van der Waals surface area contributed by atoms with Crippen LogP contribution in [0.15, 0.2) is 0 Å². The van der Waals surface area contributed by atoms with Crippen molar-refractivity contribution in [3.05, 3.63) is 0 Å². The van der Waals surface area contributed by atoms with Crippen molar-refractivity contribution in [1.82, 2.24) is 0 Å². The van der Waals surface area contributed by atoms with Crippen LogP contribution in [0.3, 0.4) is 0 Å². The van der Waals surface area contributed by atoms with E-state index in [1.54, 1.807) is 0 Å². The molecule has 3 nitrogen and oxygen atoms in total. The number of hydrogen-bond acceptors (Lipinski definition) is 3. The molecule has 0 bridgehead atoms. The van der Waals surface area contributed by atoms with Gasteiger partial charge in [0.2, 0.25) is 0 Å². The van der Waals surface area contributed by atoms with Crippen LogP contribution in [0.25, 0.3) is 0 Å². The first-order valence-electron chi connectivity index (χ1n) is 6.01. The summed E-state index contributed by atoms with van der Waals surface area (Å²) in [4.78, 5) is 0. The second-order valence-electron chi connectivity index (χ2n) is 5.38. The molecule has 15 heavy (non-hydrogen) atoms. The molecular formula is C11H18O3S. The number of rotatable bonds is 1. The summed E-state index contributed by atoms with van der Waals surface area (Å²) in [6, 6.07) is 0. The minimum absolute atomic E-state index is 0.291. The fraction of sp³-hybridized carbons (Fsp3) is 1.00. The zero-order chi connectivity index (χ0) is 10.7. The average Bonchev–Trinajstić information content (AvgIpc) is 2.62. The van der Waals surface area contributed by atoms with Gasteiger partial charge in [-0.15, -0.1) is 0 Å². The lowest BCUT2D eigenvalue weighted by Crippen LogP contribution is -2.43. The van der Waals surface area contributed by atoms with Crippen molar-refractivity contribution in [3.8, 4) is 0 Å². The monoisotopic (exact) mass is 230 g/mol. The van der Waals surface area contributed by atoms with Crippen molar-refractivity contribution >= 4 is 9.84 Å². The van der Waals surface area contributed by atoms with E-state index in [4.69, 9.17) is 0 Å². The van der Waals surface area contributed by atoms with E-state index in [-0.39, 0.29) is 0 Å². The van der Waals surface area contributed by atoms with Crippen LogP contribution < -0.4 is 0 Å². The third kappa shape index (κ3) is 1.24. The van der Waals surface area contributed by atoms with Gasteiger partial charge >= 0.3 is 0 Å². The highest BCUT2D eigenvalue weighted by Crippen LogP contribution is 2.64. The molecule has 86 valence electrons. The molecule has 0 aromatic carbocycles. The Bertz CT molecular complexity index is 363. The van der Waals surface area contributed by atoms with Gasteiger partial charge < -0.3 is 5.11 Å². The summed E-state index contributed by atoms with van der Waals surface area (Å²) in [5.74, 6) is 0.894. The van der Waals surface area contributed by atoms with Crippen molar-refractivity contribution < 1.29 is 13.5 Å². The maximum Gasteiger partial charge on any atom is 0.156 e. The normalized spacial score (nSPS) is 52.5. The molecule has 0 aromatic rings. The molecular weight excluding hydrogens is 212 g/mol. The maximum absolute atomic E-state index is 11.9. The predicted molar refractivity (Wildman–Crippen MR) is 57.2 cm³/mol. The minimum Gasteiger partial charge on any atom is -0.388 e. The lowest BCUT2D eigenvalue weighted by Gasteiger charge is -2.29. The third-order valence-corrected chi connectivity index (χ3v) is 7.03. The first-order valence-corrected chi connectivity index (χ1v) is 7.72. The zero-order valence-corrected chi connectivity index (χ0v) is 9.67. The third-order valence-electron chi connectivity index (χ3n) is 4.69. The number of fused-ring (bicyclic) bond motifs is 1. The van der Waals surface area contributed by atoms with Crippen LogP contribution in [0.4, 0.5) is 0 Å². The van der Waals surface area contributed by atoms with Crippen molar-refractivity contribution in [2.75, 3.05) is 5.75 Å². The summed E-state index contributed by atoms with van der Waals surface area (Å²) in [6.07, 6.45) is 5.67. The van der Waals surface area contributed by atoms with E-state index in [9.17, 15) is 13.5 Å². The summed E-state index contributed by atoms with van der Waals surface area (Å²) in [7, 11) is -3.01. The fourth-order valence-corrected chi connectivity index (χ4v) is 6.26. The van der Waals surface area contributed by atoms with Gasteiger partial charge in [-0.25, -0.2) is 8.42 Å². The van der Waals surface area contributed by atoms with Gasteiger partial charge in [-0.1, -0.05) is 12.8 Å². The highest BCUT2D eigenvalue weighted by molar-refractivity contribution is 7.92. The Balaban J connectivity index is 1.88. The number of sulfone groups is 1. The largest absolute Gasteiger partial charge is 0.388 e. The lowest BCUT2D eigenvalue weighted by atomic mass is 10.00. The minimum atomic E-state index is -3.01. The summed E-state index contributed by atoms with van der Waals surface area (Å²) in [6.45, 7) is 0. The molecule has 2 saturated carbocycles. The Morgan fingerprint density at radius 3 is 2.27 bits per heavy atom. The van der Waals surface area contributed by atoms with Gasteiger partial charge in [0.05, 0.1) is 16.6 Å². The molecule has 3 fully saturated rings. The highest BCUT2D eigenvalue weighted by atomic mass is 32.2. The van der Waals surface area contributed by atoms with Crippen LogP contribution in [0.5, 0.6) is 0 Å². The highest BCUT2D eigenvalue weighted by Gasteiger charge is 2.71. The molecule has 1 aliphatic heterocycles. The van der Waals surface area contributed by atoms with E-state index in [1.165, 1.54) is 6.42 Å². The van der Waals surface area contributed by atoms with Crippen molar-refractivity contribution in [3.63, 3.8) is 0 Å². The molecule has 3 aliphatic rings. The summed E-state index contributed by atoms with van der Waals surface area (Å²) < 4.78 is 23.9. The van der Waals surface area contributed by atoms with Crippen LogP contribution in [0.1, 0.15) is 38.5 Å². The molecule has 0 amide bonds. The van der Waals surface area contributed by atoms with Crippen molar-refractivity contribution in [2.24, 2.45) is 11.8 Å². The van der Waals surface area contributed by atoms with Gasteiger partial charge in [0.25, 0.3) is 0 Å². The second-order valence-corrected chi connectivity index (χ2v) is 7.69. The molecule has 0 aromatic heterocycles. The predicted octanol–water partition coefficient (Wildman–Crippen LogP) is 1.11. The molecule has 3 rings (SSSR count). The van der Waals surface area contributed by atoms with Crippen LogP contribution in [0.2, 0.25) is 0 Å². The van der Waals surface area contributed by atoms with E-state index in [2.05, 4.69) is 0 Å². The molecule has 3 atom stereocenters. The Morgan fingerprint density at radius 2 is 1.67 bits per heavy atom. The Labute approximate surface area is 90.8 Å². The smallest absolute Gasteiger partial charge is 0.156 e. The number of aliphatic hydroxyl groups is 1. The average molecular weight is 230 g/mol. The second kappa shape index (κ2) is 2.98. The van der Waals surface area contributed by atoms with Gasteiger partial charge in [0.1, 0.15) is 0 Å². The lowest BCUT2D eigenvalue weighted by molar-refractivity contribution is 0.0955. The molecule has 0 radical (unpaired) electrons. The van der Waals surface area contributed by atoms with Crippen LogP contribution in [-0.4, -0.2) is 30.1 Å². The quantitative estimate of drug-likeness (QED) is 0.734. The van der Waals surface area contributed by atoms with Crippen molar-refractivity contribution in [2.45, 2.75) is 49.4 Å². The molecule has 3 unspecified atom stereocenters. The molecule has 2 aliphatic carbocycles. The first-order chi connectivity index (χ1) is 7.07. The Morgan fingerprint density at radius 1 is 1.00 bits per heavy atom. The maximum atomic E-state index is 11.9. The van der Waals surface area contributed by atoms with Gasteiger partial charge in [0.15, 0.2) is 9.84 Å². The summed E-state index contributed by atoms with van der Waals surface area (Å²) in [5, 5.41) is 10.1. The van der Waals surface area contributed by atoms with E-state index >= 15 is 0 Å². The van der Waals surface area contributed by atoms with Gasteiger partial charge in [-0.05, 0) is 37.5 Å². The van der Waals surface area contributed by atoms with Crippen molar-refractivity contribution in [1.29, 1.82) is 0 Å². The van der Waals surface area contributed by atoms with E-state index < -0.39 is 20.7 Å². The summed E-state index contributed by atoms with van der Waals surface area (Å²) in [5.41, 5.74) is -0.822. The Kier molecular flexibility index (Phi) is 2.00. The topological polar surface area (TPSA) is 54.4 Å². The standard InChI is InChI=1S/C11H18O3S/c12-11(8-4-3-5-9(8)11)10-6-1-2-7-15(10,13)14/h8-10,12H,1-7H2. The molecule has 1 heterocycles. The van der Waals surface area contributed by atoms with Crippen LogP contribution in [0, 0.1) is 11.8 Å². The fourth-order valence-electron chi connectivity index (χ4n) is 3.92. The SMILES string of the molecule is O=S1(=O)CCCCC1C1(O)C2CCCC21. The van der Waals surface area contributed by atoms with Gasteiger partial charge in [0, 0.05) is 0 Å². The molecule has 0 spiro atoms. The van der Waals surface area contributed by atoms with Gasteiger partial charge in [-0.2, -0.15) is 0 Å². The molecule has 4 heteroatoms. The van der Waals surface area contributed by atoms with E-state index in [0.29, 0.717) is 24.0 Å². The molecule has 1 saturated heterocycles. The molecule has 1 N–H and O–H groups in total. The summed E-state index contributed by atoms with van der Waals surface area (Å²) >= 11 is 0. The van der Waals surface area contributed by atoms with E-state index in [1.807, 2.05) is 0 Å².